The molecule has 35 heavy (non-hydrogen) atoms. The largest absolute Gasteiger partial charge is 0.488 e. The van der Waals surface area contributed by atoms with Crippen LogP contribution in [0.3, 0.4) is 0 Å². The van der Waals surface area contributed by atoms with Crippen LogP contribution in [0, 0.1) is 10.1 Å². The summed E-state index contributed by atoms with van der Waals surface area (Å²) in [6.45, 7) is 12.9. The molecule has 1 N–H and O–H groups in total. The topological polar surface area (TPSA) is 132 Å². The fourth-order valence-electron chi connectivity index (χ4n) is 3.41. The van der Waals surface area contributed by atoms with Crippen LogP contribution in [0.25, 0.3) is 0 Å². The third-order valence-electron chi connectivity index (χ3n) is 4.94. The molecule has 2 aliphatic rings. The molecule has 1 aromatic rings. The minimum atomic E-state index is -0.532. The molecule has 2 saturated heterocycles. The van der Waals surface area contributed by atoms with Crippen LogP contribution >= 0.6 is 0 Å². The predicted octanol–water partition coefficient (Wildman–Crippen LogP) is 3.97. The molecule has 0 radical (unpaired) electrons. The number of ether oxygens (including phenoxy) is 3. The van der Waals surface area contributed by atoms with Crippen LogP contribution in [-0.4, -0.2) is 81.6 Å². The lowest BCUT2D eigenvalue weighted by molar-refractivity contribution is -0.384. The molecule has 2 amide bonds. The van der Waals surface area contributed by atoms with E-state index < -0.39 is 16.1 Å². The van der Waals surface area contributed by atoms with E-state index in [1.807, 2.05) is 41.5 Å². The molecule has 0 spiro atoms. The third kappa shape index (κ3) is 9.97. The van der Waals surface area contributed by atoms with Gasteiger partial charge in [-0.05, 0) is 54.0 Å². The van der Waals surface area contributed by atoms with Gasteiger partial charge in [-0.25, -0.2) is 9.59 Å². The highest BCUT2D eigenvalue weighted by atomic mass is 16.6. The summed E-state index contributed by atoms with van der Waals surface area (Å²) in [7, 11) is 0. The van der Waals surface area contributed by atoms with Gasteiger partial charge in [0, 0.05) is 32.1 Å². The normalized spacial score (nSPS) is 20.1. The Labute approximate surface area is 206 Å². The van der Waals surface area contributed by atoms with E-state index in [2.05, 4.69) is 0 Å². The highest BCUT2D eigenvalue weighted by molar-refractivity contribution is 5.69. The monoisotopic (exact) mass is 495 g/mol. The lowest BCUT2D eigenvalue weighted by atomic mass is 10.2. The summed E-state index contributed by atoms with van der Waals surface area (Å²) in [6, 6.07) is 6.04. The lowest BCUT2D eigenvalue weighted by Gasteiger charge is -2.24. The van der Waals surface area contributed by atoms with Gasteiger partial charge in [0.05, 0.1) is 23.6 Å². The van der Waals surface area contributed by atoms with Crippen molar-refractivity contribution in [3.8, 4) is 5.75 Å². The molecule has 0 saturated carbocycles. The molecule has 0 aromatic heterocycles. The molecular weight excluding hydrogens is 458 g/mol. The van der Waals surface area contributed by atoms with Gasteiger partial charge in [-0.3, -0.25) is 10.1 Å². The fourth-order valence-corrected chi connectivity index (χ4v) is 3.41. The zero-order valence-corrected chi connectivity index (χ0v) is 21.4. The number of nitro groups is 1. The van der Waals surface area contributed by atoms with Crippen molar-refractivity contribution >= 4 is 17.9 Å². The molecular formula is C24H37N3O8. The quantitative estimate of drug-likeness (QED) is 0.492. The van der Waals surface area contributed by atoms with Crippen molar-refractivity contribution in [2.45, 2.75) is 77.8 Å². The van der Waals surface area contributed by atoms with E-state index >= 15 is 0 Å². The molecule has 11 nitrogen and oxygen atoms in total. The Morgan fingerprint density at radius 3 is 2.00 bits per heavy atom. The second kappa shape index (κ2) is 11.6. The molecule has 0 unspecified atom stereocenters. The molecule has 3 rings (SSSR count). The number of carbonyl (C=O) groups is 2. The van der Waals surface area contributed by atoms with Gasteiger partial charge in [0.15, 0.2) is 0 Å². The highest BCUT2D eigenvalue weighted by Gasteiger charge is 2.31. The van der Waals surface area contributed by atoms with E-state index in [1.165, 1.54) is 17.0 Å². The van der Waals surface area contributed by atoms with Gasteiger partial charge >= 0.3 is 12.2 Å². The van der Waals surface area contributed by atoms with Crippen LogP contribution < -0.4 is 4.74 Å². The van der Waals surface area contributed by atoms with Gasteiger partial charge in [-0.1, -0.05) is 6.07 Å². The van der Waals surface area contributed by atoms with Crippen LogP contribution in [0.5, 0.6) is 5.75 Å². The Kier molecular flexibility index (Phi) is 9.31. The van der Waals surface area contributed by atoms with Crippen molar-refractivity contribution < 1.29 is 33.8 Å². The molecule has 1 aromatic carbocycles. The van der Waals surface area contributed by atoms with Crippen molar-refractivity contribution in [3.05, 3.63) is 34.4 Å². The summed E-state index contributed by atoms with van der Waals surface area (Å²) in [5.41, 5.74) is -1.000. The maximum atomic E-state index is 12.0. The SMILES string of the molecule is CC(C)(C)OC(=O)N1CC[C@H](O)C1.CC(C)(C)OC(=O)N1CC[C@H](Oc2cccc([N+](=O)[O-])c2)C1. The summed E-state index contributed by atoms with van der Waals surface area (Å²) in [4.78, 5) is 36.8. The Balaban J connectivity index is 0.000000283. The molecule has 2 fully saturated rings. The Morgan fingerprint density at radius 2 is 1.51 bits per heavy atom. The number of amides is 2. The molecule has 2 heterocycles. The summed E-state index contributed by atoms with van der Waals surface area (Å²) < 4.78 is 16.2. The number of aliphatic hydroxyl groups excluding tert-OH is 1. The number of hydrogen-bond acceptors (Lipinski definition) is 8. The zero-order chi connectivity index (χ0) is 26.4. The molecule has 0 aliphatic carbocycles. The Morgan fingerprint density at radius 1 is 0.971 bits per heavy atom. The second-order valence-corrected chi connectivity index (χ2v) is 10.6. The van der Waals surface area contributed by atoms with Crippen LogP contribution in [0.4, 0.5) is 15.3 Å². The van der Waals surface area contributed by atoms with Crippen LogP contribution in [0.2, 0.25) is 0 Å². The van der Waals surface area contributed by atoms with Crippen molar-refractivity contribution in [1.82, 2.24) is 9.80 Å². The predicted molar refractivity (Wildman–Crippen MR) is 128 cm³/mol. The first kappa shape index (κ1) is 28.2. The standard InChI is InChI=1S/C15H20N2O5.C9H17NO3/c1-15(2,3)22-14(18)16-8-7-13(10-16)21-12-6-4-5-11(9-12)17(19)20;1-9(2,3)13-8(12)10-5-4-7(11)6-10/h4-6,9,13H,7-8,10H2,1-3H3;7,11H,4-6H2,1-3H3/t13-;7-/m00/s1. The average molecular weight is 496 g/mol. The number of benzene rings is 1. The van der Waals surface area contributed by atoms with Crippen molar-refractivity contribution in [2.24, 2.45) is 0 Å². The minimum absolute atomic E-state index is 0.0144. The zero-order valence-electron chi connectivity index (χ0n) is 21.4. The first-order chi connectivity index (χ1) is 16.1. The number of non-ortho nitro benzene ring substituents is 1. The average Bonchev–Trinajstić information content (AvgIpc) is 3.35. The summed E-state index contributed by atoms with van der Waals surface area (Å²) in [5, 5.41) is 19.9. The number of likely N-dealkylation sites (tertiary alicyclic amines) is 2. The number of rotatable bonds is 3. The summed E-state index contributed by atoms with van der Waals surface area (Å²) in [6.07, 6.45) is 0.0602. The highest BCUT2D eigenvalue weighted by Crippen LogP contribution is 2.24. The van der Waals surface area contributed by atoms with Gasteiger partial charge in [0.25, 0.3) is 5.69 Å². The number of aliphatic hydroxyl groups is 1. The van der Waals surface area contributed by atoms with Crippen LogP contribution in [-0.2, 0) is 9.47 Å². The molecule has 196 valence electrons. The smallest absolute Gasteiger partial charge is 0.410 e. The second-order valence-electron chi connectivity index (χ2n) is 10.6. The summed E-state index contributed by atoms with van der Waals surface area (Å²) >= 11 is 0. The van der Waals surface area contributed by atoms with E-state index in [1.54, 1.807) is 17.0 Å². The number of nitro benzene ring substituents is 1. The van der Waals surface area contributed by atoms with E-state index in [-0.39, 0.29) is 30.1 Å². The number of nitrogens with zero attached hydrogens (tertiary/aromatic N) is 3. The van der Waals surface area contributed by atoms with Gasteiger partial charge in [0.2, 0.25) is 0 Å². The fraction of sp³-hybridized carbons (Fsp3) is 0.667. The van der Waals surface area contributed by atoms with Gasteiger partial charge in [-0.2, -0.15) is 0 Å². The maximum absolute atomic E-state index is 12.0. The van der Waals surface area contributed by atoms with E-state index in [9.17, 15) is 24.8 Å². The van der Waals surface area contributed by atoms with E-state index in [0.717, 1.165) is 0 Å². The van der Waals surface area contributed by atoms with Crippen LogP contribution in [0.15, 0.2) is 24.3 Å². The number of hydrogen-bond donors (Lipinski definition) is 1. The molecule has 2 aliphatic heterocycles. The van der Waals surface area contributed by atoms with E-state index in [4.69, 9.17) is 14.2 Å². The van der Waals surface area contributed by atoms with Crippen molar-refractivity contribution in [1.29, 1.82) is 0 Å². The maximum Gasteiger partial charge on any atom is 0.410 e. The Hall–Kier alpha value is -3.08. The number of carbonyl (C=O) groups excluding carboxylic acids is 2. The minimum Gasteiger partial charge on any atom is -0.488 e. The van der Waals surface area contributed by atoms with Crippen molar-refractivity contribution in [2.75, 3.05) is 26.2 Å². The third-order valence-corrected chi connectivity index (χ3v) is 4.94. The molecule has 11 heteroatoms. The van der Waals surface area contributed by atoms with E-state index in [0.29, 0.717) is 44.8 Å². The number of β-amino-alcohol motifs (C(OH)–C–C–N with tert-alkyl or cyclic N) is 1. The van der Waals surface area contributed by atoms with Gasteiger partial charge in [0.1, 0.15) is 23.1 Å². The van der Waals surface area contributed by atoms with Crippen LogP contribution in [0.1, 0.15) is 54.4 Å². The first-order valence-electron chi connectivity index (χ1n) is 11.7. The summed E-state index contributed by atoms with van der Waals surface area (Å²) in [5.74, 6) is 0.435. The first-order valence-corrected chi connectivity index (χ1v) is 11.7. The van der Waals surface area contributed by atoms with Gasteiger partial charge in [-0.15, -0.1) is 0 Å². The van der Waals surface area contributed by atoms with Gasteiger partial charge < -0.3 is 29.1 Å². The molecule has 0 bridgehead atoms. The van der Waals surface area contributed by atoms with Crippen molar-refractivity contribution in [3.63, 3.8) is 0 Å². The molecule has 2 atom stereocenters. The Bertz CT molecular complexity index is 893. The lowest BCUT2D eigenvalue weighted by Crippen LogP contribution is -2.36.